The largest absolute Gasteiger partial charge is 0.388 e. The Morgan fingerprint density at radius 2 is 2.10 bits per heavy atom. The molecule has 2 heterocycles. The van der Waals surface area contributed by atoms with E-state index in [1.54, 1.807) is 12.2 Å². The number of nitrogens with zero attached hydrogens (tertiary/aromatic N) is 2. The van der Waals surface area contributed by atoms with Crippen molar-refractivity contribution in [2.24, 2.45) is 0 Å². The van der Waals surface area contributed by atoms with Gasteiger partial charge in [-0.05, 0) is 18.6 Å². The summed E-state index contributed by atoms with van der Waals surface area (Å²) in [4.78, 5) is 6.99. The number of rotatable bonds is 5. The highest BCUT2D eigenvalue weighted by Crippen LogP contribution is 2.31. The van der Waals surface area contributed by atoms with Gasteiger partial charge in [0.15, 0.2) is 0 Å². The number of pyridine rings is 1. The van der Waals surface area contributed by atoms with Gasteiger partial charge in [-0.2, -0.15) is 11.8 Å². The summed E-state index contributed by atoms with van der Waals surface area (Å²) in [6.07, 6.45) is 3.72. The SMILES string of the molecule is C=Cc1cc(C(O)CC)c(N2CCSCC2)nc1C=C. The Kier molecular flexibility index (Phi) is 5.26. The van der Waals surface area contributed by atoms with Crippen molar-refractivity contribution in [2.75, 3.05) is 29.5 Å². The summed E-state index contributed by atoms with van der Waals surface area (Å²) >= 11 is 1.96. The van der Waals surface area contributed by atoms with Crippen molar-refractivity contribution < 1.29 is 5.11 Å². The van der Waals surface area contributed by atoms with E-state index in [0.717, 1.165) is 47.2 Å². The molecule has 0 radical (unpaired) electrons. The summed E-state index contributed by atoms with van der Waals surface area (Å²) in [5.41, 5.74) is 2.66. The summed E-state index contributed by atoms with van der Waals surface area (Å²) in [7, 11) is 0. The van der Waals surface area contributed by atoms with Crippen LogP contribution in [0, 0.1) is 0 Å². The Hall–Kier alpha value is -1.26. The fraction of sp³-hybridized carbons (Fsp3) is 0.438. The van der Waals surface area contributed by atoms with E-state index in [1.165, 1.54) is 0 Å². The van der Waals surface area contributed by atoms with Gasteiger partial charge in [-0.1, -0.05) is 26.2 Å². The van der Waals surface area contributed by atoms with Gasteiger partial charge in [0.05, 0.1) is 11.8 Å². The van der Waals surface area contributed by atoms with Crippen molar-refractivity contribution in [3.8, 4) is 0 Å². The van der Waals surface area contributed by atoms with Gasteiger partial charge >= 0.3 is 0 Å². The number of aliphatic hydroxyl groups is 1. The second-order valence-electron chi connectivity index (χ2n) is 4.81. The maximum Gasteiger partial charge on any atom is 0.135 e. The van der Waals surface area contributed by atoms with Crippen molar-refractivity contribution in [1.29, 1.82) is 0 Å². The van der Waals surface area contributed by atoms with E-state index in [-0.39, 0.29) is 0 Å². The molecule has 1 fully saturated rings. The number of aromatic nitrogens is 1. The van der Waals surface area contributed by atoms with Gasteiger partial charge in [0.25, 0.3) is 0 Å². The molecule has 20 heavy (non-hydrogen) atoms. The van der Waals surface area contributed by atoms with Crippen molar-refractivity contribution in [2.45, 2.75) is 19.4 Å². The van der Waals surface area contributed by atoms with Crippen molar-refractivity contribution >= 4 is 29.7 Å². The lowest BCUT2D eigenvalue weighted by molar-refractivity contribution is 0.173. The third-order valence-electron chi connectivity index (χ3n) is 3.56. The molecule has 1 N–H and O–H groups in total. The van der Waals surface area contributed by atoms with Crippen molar-refractivity contribution in [3.05, 3.63) is 36.0 Å². The summed E-state index contributed by atoms with van der Waals surface area (Å²) in [6.45, 7) is 11.6. The van der Waals surface area contributed by atoms with E-state index < -0.39 is 6.10 Å². The van der Waals surface area contributed by atoms with E-state index >= 15 is 0 Å². The minimum atomic E-state index is -0.482. The molecule has 0 saturated carbocycles. The highest BCUT2D eigenvalue weighted by Gasteiger charge is 2.21. The number of thioether (sulfide) groups is 1. The predicted molar refractivity (Wildman–Crippen MR) is 89.2 cm³/mol. The van der Waals surface area contributed by atoms with E-state index in [2.05, 4.69) is 18.1 Å². The predicted octanol–water partition coefficient (Wildman–Crippen LogP) is 3.36. The molecule has 0 amide bonds. The molecule has 3 nitrogen and oxygen atoms in total. The van der Waals surface area contributed by atoms with Gasteiger partial charge in [-0.15, -0.1) is 0 Å². The first-order valence-corrected chi connectivity index (χ1v) is 8.17. The lowest BCUT2D eigenvalue weighted by Crippen LogP contribution is -2.34. The van der Waals surface area contributed by atoms with Crippen LogP contribution in [0.2, 0.25) is 0 Å². The molecule has 4 heteroatoms. The molecule has 1 aromatic heterocycles. The Balaban J connectivity index is 2.50. The van der Waals surface area contributed by atoms with Crippen LogP contribution in [0.5, 0.6) is 0 Å². The van der Waals surface area contributed by atoms with Crippen LogP contribution in [0.25, 0.3) is 12.2 Å². The maximum absolute atomic E-state index is 10.3. The zero-order valence-corrected chi connectivity index (χ0v) is 12.8. The topological polar surface area (TPSA) is 36.4 Å². The molecule has 1 aliphatic rings. The zero-order valence-electron chi connectivity index (χ0n) is 12.0. The second-order valence-corrected chi connectivity index (χ2v) is 6.03. The number of aliphatic hydroxyl groups excluding tert-OH is 1. The van der Waals surface area contributed by atoms with Crippen LogP contribution in [0.4, 0.5) is 5.82 Å². The molecule has 0 aliphatic carbocycles. The Bertz CT molecular complexity index is 495. The molecule has 1 aliphatic heterocycles. The standard InChI is InChI=1S/C16H22N2OS/c1-4-12-11-13(15(19)6-3)16(17-14(12)5-2)18-7-9-20-10-8-18/h4-5,11,15,19H,1-2,6-10H2,3H3. The van der Waals surface area contributed by atoms with E-state index in [1.807, 2.05) is 24.8 Å². The minimum Gasteiger partial charge on any atom is -0.388 e. The van der Waals surface area contributed by atoms with Gasteiger partial charge in [0, 0.05) is 35.7 Å². The van der Waals surface area contributed by atoms with Gasteiger partial charge in [-0.25, -0.2) is 4.98 Å². The maximum atomic E-state index is 10.3. The molecular weight excluding hydrogens is 268 g/mol. The van der Waals surface area contributed by atoms with Crippen molar-refractivity contribution in [1.82, 2.24) is 4.98 Å². The zero-order chi connectivity index (χ0) is 14.5. The molecule has 1 saturated heterocycles. The van der Waals surface area contributed by atoms with Crippen LogP contribution in [0.3, 0.4) is 0 Å². The van der Waals surface area contributed by atoms with Crippen LogP contribution in [-0.2, 0) is 0 Å². The number of anilines is 1. The Labute approximate surface area is 125 Å². The van der Waals surface area contributed by atoms with E-state index in [9.17, 15) is 5.11 Å². The van der Waals surface area contributed by atoms with Gasteiger partial charge in [0.1, 0.15) is 5.82 Å². The minimum absolute atomic E-state index is 0.482. The molecule has 2 rings (SSSR count). The highest BCUT2D eigenvalue weighted by atomic mass is 32.2. The van der Waals surface area contributed by atoms with Crippen LogP contribution < -0.4 is 4.90 Å². The molecule has 0 spiro atoms. The molecule has 108 valence electrons. The number of hydrogen-bond acceptors (Lipinski definition) is 4. The Morgan fingerprint density at radius 3 is 2.65 bits per heavy atom. The molecule has 0 bridgehead atoms. The summed E-state index contributed by atoms with van der Waals surface area (Å²) in [6, 6.07) is 2.00. The summed E-state index contributed by atoms with van der Waals surface area (Å²) in [5.74, 6) is 3.12. The number of hydrogen-bond donors (Lipinski definition) is 1. The highest BCUT2D eigenvalue weighted by molar-refractivity contribution is 7.99. The molecule has 0 aromatic carbocycles. The fourth-order valence-corrected chi connectivity index (χ4v) is 3.27. The lowest BCUT2D eigenvalue weighted by atomic mass is 10.0. The van der Waals surface area contributed by atoms with Gasteiger partial charge < -0.3 is 10.0 Å². The first-order chi connectivity index (χ1) is 9.71. The fourth-order valence-electron chi connectivity index (χ4n) is 2.37. The summed E-state index contributed by atoms with van der Waals surface area (Å²) in [5, 5.41) is 10.3. The lowest BCUT2D eigenvalue weighted by Gasteiger charge is -2.30. The summed E-state index contributed by atoms with van der Waals surface area (Å²) < 4.78 is 0. The first-order valence-electron chi connectivity index (χ1n) is 7.01. The van der Waals surface area contributed by atoms with Crippen LogP contribution >= 0.6 is 11.8 Å². The molecular formula is C16H22N2OS. The normalized spacial score (nSPS) is 16.8. The van der Waals surface area contributed by atoms with Crippen LogP contribution in [-0.4, -0.2) is 34.7 Å². The first kappa shape index (κ1) is 15.1. The van der Waals surface area contributed by atoms with Gasteiger partial charge in [-0.3, -0.25) is 0 Å². The van der Waals surface area contributed by atoms with Crippen LogP contribution in [0.15, 0.2) is 19.2 Å². The quantitative estimate of drug-likeness (QED) is 0.902. The molecule has 1 unspecified atom stereocenters. The van der Waals surface area contributed by atoms with Gasteiger partial charge in [0.2, 0.25) is 0 Å². The second kappa shape index (κ2) is 6.95. The smallest absolute Gasteiger partial charge is 0.135 e. The molecule has 1 atom stereocenters. The average molecular weight is 290 g/mol. The average Bonchev–Trinajstić information content (AvgIpc) is 2.53. The monoisotopic (exact) mass is 290 g/mol. The third kappa shape index (κ3) is 3.07. The Morgan fingerprint density at radius 1 is 1.40 bits per heavy atom. The van der Waals surface area contributed by atoms with E-state index in [4.69, 9.17) is 4.98 Å². The third-order valence-corrected chi connectivity index (χ3v) is 4.50. The van der Waals surface area contributed by atoms with Crippen LogP contribution in [0.1, 0.15) is 36.3 Å². The van der Waals surface area contributed by atoms with E-state index in [0.29, 0.717) is 6.42 Å². The van der Waals surface area contributed by atoms with Crippen molar-refractivity contribution in [3.63, 3.8) is 0 Å². The molecule has 1 aromatic rings.